The molecule has 1 atom stereocenters. The molecule has 3 rings (SSSR count). The minimum absolute atomic E-state index is 0.109. The molecule has 0 bridgehead atoms. The molecular formula is C23H26N3O2S+. The lowest BCUT2D eigenvalue weighted by Gasteiger charge is -2.15. The van der Waals surface area contributed by atoms with Crippen LogP contribution in [0.5, 0.6) is 0 Å². The normalized spacial score (nSPS) is 11.6. The third-order valence-corrected chi connectivity index (χ3v) is 5.27. The van der Waals surface area contributed by atoms with E-state index < -0.39 is 0 Å². The highest BCUT2D eigenvalue weighted by molar-refractivity contribution is 7.07. The lowest BCUT2D eigenvalue weighted by Crippen LogP contribution is -3.08. The van der Waals surface area contributed by atoms with E-state index in [9.17, 15) is 9.59 Å². The standard InChI is InChI=1S/C23H25N3O2S/c1-26(15-19-12-14-29-17-19)16-22(27)25-21-10-6-5-9-20(21)23(28)24-13-11-18-7-3-2-4-8-18/h2-10,12,14,17H,11,13,15-16H2,1H3,(H,24,28)(H,25,27)/p+1. The number of rotatable bonds is 9. The topological polar surface area (TPSA) is 62.6 Å². The zero-order chi connectivity index (χ0) is 20.5. The van der Waals surface area contributed by atoms with Crippen molar-refractivity contribution in [3.05, 3.63) is 88.1 Å². The Morgan fingerprint density at radius 3 is 2.48 bits per heavy atom. The Labute approximate surface area is 175 Å². The molecule has 0 aliphatic heterocycles. The number of likely N-dealkylation sites (N-methyl/N-ethyl adjacent to an activating group) is 1. The highest BCUT2D eigenvalue weighted by Gasteiger charge is 2.15. The number of carbonyl (C=O) groups is 2. The average Bonchev–Trinajstić information content (AvgIpc) is 3.22. The molecule has 29 heavy (non-hydrogen) atoms. The molecule has 1 unspecified atom stereocenters. The number of hydrogen-bond donors (Lipinski definition) is 3. The van der Waals surface area contributed by atoms with Gasteiger partial charge in [-0.1, -0.05) is 42.5 Å². The van der Waals surface area contributed by atoms with Crippen LogP contribution in [0.2, 0.25) is 0 Å². The fourth-order valence-corrected chi connectivity index (χ4v) is 3.79. The van der Waals surface area contributed by atoms with Gasteiger partial charge in [0.25, 0.3) is 11.8 Å². The van der Waals surface area contributed by atoms with Crippen molar-refractivity contribution in [1.82, 2.24) is 5.32 Å². The van der Waals surface area contributed by atoms with Crippen LogP contribution in [0.15, 0.2) is 71.4 Å². The number of carbonyl (C=O) groups excluding carboxylic acids is 2. The summed E-state index contributed by atoms with van der Waals surface area (Å²) in [6, 6.07) is 19.2. The smallest absolute Gasteiger partial charge is 0.279 e. The van der Waals surface area contributed by atoms with Gasteiger partial charge in [0, 0.05) is 12.1 Å². The van der Waals surface area contributed by atoms with Crippen LogP contribution < -0.4 is 15.5 Å². The molecule has 2 amide bonds. The number of quaternary nitrogens is 1. The number of thiophene rings is 1. The molecule has 6 heteroatoms. The summed E-state index contributed by atoms with van der Waals surface area (Å²) in [4.78, 5) is 26.2. The quantitative estimate of drug-likeness (QED) is 0.509. The Morgan fingerprint density at radius 2 is 1.72 bits per heavy atom. The Morgan fingerprint density at radius 1 is 0.966 bits per heavy atom. The summed E-state index contributed by atoms with van der Waals surface area (Å²) in [6.45, 7) is 1.66. The van der Waals surface area contributed by atoms with Crippen molar-refractivity contribution in [2.24, 2.45) is 0 Å². The van der Waals surface area contributed by atoms with Crippen LogP contribution in [0.1, 0.15) is 21.5 Å². The molecule has 0 aliphatic carbocycles. The first-order chi connectivity index (χ1) is 14.1. The van der Waals surface area contributed by atoms with Crippen molar-refractivity contribution in [3.8, 4) is 0 Å². The van der Waals surface area contributed by atoms with Gasteiger partial charge in [0.05, 0.1) is 18.3 Å². The summed E-state index contributed by atoms with van der Waals surface area (Å²) in [6.07, 6.45) is 0.762. The van der Waals surface area contributed by atoms with Gasteiger partial charge in [-0.15, -0.1) is 0 Å². The van der Waals surface area contributed by atoms with Crippen molar-refractivity contribution in [2.75, 3.05) is 25.5 Å². The first kappa shape index (κ1) is 20.8. The van der Waals surface area contributed by atoms with Crippen LogP contribution >= 0.6 is 11.3 Å². The lowest BCUT2D eigenvalue weighted by atomic mass is 10.1. The van der Waals surface area contributed by atoms with E-state index in [2.05, 4.69) is 22.1 Å². The Hall–Kier alpha value is -2.96. The van der Waals surface area contributed by atoms with E-state index in [0.29, 0.717) is 24.3 Å². The van der Waals surface area contributed by atoms with Crippen molar-refractivity contribution in [3.63, 3.8) is 0 Å². The van der Waals surface area contributed by atoms with E-state index in [-0.39, 0.29) is 11.8 Å². The molecule has 0 aliphatic rings. The molecule has 0 saturated carbocycles. The number of benzene rings is 2. The second-order valence-corrected chi connectivity index (χ2v) is 7.81. The van der Waals surface area contributed by atoms with Gasteiger partial charge in [-0.25, -0.2) is 0 Å². The van der Waals surface area contributed by atoms with Gasteiger partial charge in [-0.05, 0) is 40.9 Å². The SMILES string of the molecule is C[NH+](CC(=O)Nc1ccccc1C(=O)NCCc1ccccc1)Cc1ccsc1. The maximum absolute atomic E-state index is 12.6. The van der Waals surface area contributed by atoms with Gasteiger partial charge in [-0.2, -0.15) is 11.3 Å². The van der Waals surface area contributed by atoms with E-state index >= 15 is 0 Å². The molecular weight excluding hydrogens is 382 g/mol. The minimum Gasteiger partial charge on any atom is -0.352 e. The third kappa shape index (κ3) is 6.55. The molecule has 0 fully saturated rings. The summed E-state index contributed by atoms with van der Waals surface area (Å²) in [5.74, 6) is -0.293. The highest BCUT2D eigenvalue weighted by atomic mass is 32.1. The first-order valence-electron chi connectivity index (χ1n) is 9.65. The van der Waals surface area contributed by atoms with Gasteiger partial charge in [0.2, 0.25) is 0 Å². The van der Waals surface area contributed by atoms with Crippen LogP contribution in [0, 0.1) is 0 Å². The fraction of sp³-hybridized carbons (Fsp3) is 0.217. The van der Waals surface area contributed by atoms with Gasteiger partial charge < -0.3 is 15.5 Å². The van der Waals surface area contributed by atoms with Crippen molar-refractivity contribution >= 4 is 28.8 Å². The van der Waals surface area contributed by atoms with E-state index in [1.54, 1.807) is 29.5 Å². The van der Waals surface area contributed by atoms with Gasteiger partial charge in [-0.3, -0.25) is 9.59 Å². The van der Waals surface area contributed by atoms with E-state index in [4.69, 9.17) is 0 Å². The van der Waals surface area contributed by atoms with Gasteiger partial charge in [0.1, 0.15) is 6.54 Å². The maximum Gasteiger partial charge on any atom is 0.279 e. The Kier molecular flexibility index (Phi) is 7.55. The number of para-hydroxylation sites is 1. The zero-order valence-electron chi connectivity index (χ0n) is 16.5. The number of hydrogen-bond acceptors (Lipinski definition) is 3. The molecule has 0 saturated heterocycles. The monoisotopic (exact) mass is 408 g/mol. The molecule has 2 aromatic carbocycles. The predicted molar refractivity (Wildman–Crippen MR) is 117 cm³/mol. The summed E-state index contributed by atoms with van der Waals surface area (Å²) in [7, 11) is 1.99. The summed E-state index contributed by atoms with van der Waals surface area (Å²) in [5, 5.41) is 9.96. The molecule has 0 radical (unpaired) electrons. The van der Waals surface area contributed by atoms with Crippen molar-refractivity contribution in [2.45, 2.75) is 13.0 Å². The summed E-state index contributed by atoms with van der Waals surface area (Å²) >= 11 is 1.65. The summed E-state index contributed by atoms with van der Waals surface area (Å²) in [5.41, 5.74) is 3.41. The van der Waals surface area contributed by atoms with E-state index in [1.165, 1.54) is 11.1 Å². The summed E-state index contributed by atoms with van der Waals surface area (Å²) < 4.78 is 0. The first-order valence-corrected chi connectivity index (χ1v) is 10.6. The third-order valence-electron chi connectivity index (χ3n) is 4.54. The molecule has 3 N–H and O–H groups in total. The van der Waals surface area contributed by atoms with E-state index in [0.717, 1.165) is 17.9 Å². The zero-order valence-corrected chi connectivity index (χ0v) is 17.3. The maximum atomic E-state index is 12.6. The van der Waals surface area contributed by atoms with Crippen LogP contribution in [0.25, 0.3) is 0 Å². The van der Waals surface area contributed by atoms with Crippen LogP contribution in [0.4, 0.5) is 5.69 Å². The fourth-order valence-electron chi connectivity index (χ4n) is 3.12. The van der Waals surface area contributed by atoms with Gasteiger partial charge >= 0.3 is 0 Å². The predicted octanol–water partition coefficient (Wildman–Crippen LogP) is 2.37. The van der Waals surface area contributed by atoms with Crippen molar-refractivity contribution < 1.29 is 14.5 Å². The lowest BCUT2D eigenvalue weighted by molar-refractivity contribution is -0.885. The number of anilines is 1. The molecule has 150 valence electrons. The number of nitrogens with one attached hydrogen (secondary N) is 3. The second-order valence-electron chi connectivity index (χ2n) is 7.03. The largest absolute Gasteiger partial charge is 0.352 e. The Bertz CT molecular complexity index is 926. The van der Waals surface area contributed by atoms with Crippen LogP contribution in [0.3, 0.4) is 0 Å². The number of amides is 2. The van der Waals surface area contributed by atoms with Crippen molar-refractivity contribution in [1.29, 1.82) is 0 Å². The molecule has 0 spiro atoms. The minimum atomic E-state index is -0.184. The molecule has 1 heterocycles. The van der Waals surface area contributed by atoms with E-state index in [1.807, 2.05) is 48.8 Å². The molecule has 1 aromatic heterocycles. The Balaban J connectivity index is 1.53. The molecule has 5 nitrogen and oxygen atoms in total. The second kappa shape index (κ2) is 10.5. The van der Waals surface area contributed by atoms with Gasteiger partial charge in [0.15, 0.2) is 6.54 Å². The van der Waals surface area contributed by atoms with Crippen LogP contribution in [-0.4, -0.2) is 32.0 Å². The van der Waals surface area contributed by atoms with Crippen LogP contribution in [-0.2, 0) is 17.8 Å². The average molecular weight is 409 g/mol. The highest BCUT2D eigenvalue weighted by Crippen LogP contribution is 2.14. The molecule has 3 aromatic rings.